The van der Waals surface area contributed by atoms with Crippen LogP contribution in [0.15, 0.2) is 12.1 Å². The molecule has 1 fully saturated rings. The Hall–Kier alpha value is -0.860. The second-order valence-corrected chi connectivity index (χ2v) is 7.10. The van der Waals surface area contributed by atoms with Crippen molar-refractivity contribution >= 4 is 0 Å². The molecule has 0 heterocycles. The van der Waals surface area contributed by atoms with Crippen molar-refractivity contribution < 1.29 is 0 Å². The maximum absolute atomic E-state index is 6.13. The first kappa shape index (κ1) is 14.5. The summed E-state index contributed by atoms with van der Waals surface area (Å²) in [6, 6.07) is 4.65. The fraction of sp³-hybridized carbons (Fsp3) is 0.647. The van der Waals surface area contributed by atoms with E-state index in [2.05, 4.69) is 52.1 Å². The normalized spacial score (nSPS) is 17.6. The molecule has 19 heavy (non-hydrogen) atoms. The van der Waals surface area contributed by atoms with Crippen LogP contribution in [0, 0.1) is 20.8 Å². The SMILES string of the molecule is Cc1cc(C)c(C(C)(C)CNCC2(N)CC2)cc1C. The molecule has 1 aromatic rings. The Kier molecular flexibility index (Phi) is 3.76. The number of benzene rings is 1. The van der Waals surface area contributed by atoms with E-state index in [-0.39, 0.29) is 11.0 Å². The first-order valence-corrected chi connectivity index (χ1v) is 7.31. The Bertz CT molecular complexity index is 470. The summed E-state index contributed by atoms with van der Waals surface area (Å²) in [5, 5.41) is 3.56. The average Bonchev–Trinajstić information content (AvgIpc) is 3.01. The highest BCUT2D eigenvalue weighted by Crippen LogP contribution is 2.32. The van der Waals surface area contributed by atoms with Crippen LogP contribution in [-0.4, -0.2) is 18.6 Å². The van der Waals surface area contributed by atoms with Gasteiger partial charge in [-0.05, 0) is 55.9 Å². The molecule has 0 spiro atoms. The molecule has 1 aromatic carbocycles. The first-order chi connectivity index (χ1) is 8.73. The molecule has 0 amide bonds. The van der Waals surface area contributed by atoms with Gasteiger partial charge < -0.3 is 11.1 Å². The zero-order chi connectivity index (χ0) is 14.3. The smallest absolute Gasteiger partial charge is 0.0282 e. The second-order valence-electron chi connectivity index (χ2n) is 7.10. The van der Waals surface area contributed by atoms with E-state index in [4.69, 9.17) is 5.73 Å². The maximum atomic E-state index is 6.13. The molecule has 0 radical (unpaired) electrons. The van der Waals surface area contributed by atoms with Gasteiger partial charge in [0.25, 0.3) is 0 Å². The van der Waals surface area contributed by atoms with Crippen LogP contribution in [0.25, 0.3) is 0 Å². The third kappa shape index (κ3) is 3.37. The van der Waals surface area contributed by atoms with Gasteiger partial charge in [-0.15, -0.1) is 0 Å². The molecule has 0 aromatic heterocycles. The number of rotatable bonds is 5. The molecule has 0 unspecified atom stereocenters. The number of aryl methyl sites for hydroxylation is 3. The van der Waals surface area contributed by atoms with Gasteiger partial charge in [-0.25, -0.2) is 0 Å². The van der Waals surface area contributed by atoms with E-state index in [1.807, 2.05) is 0 Å². The minimum Gasteiger partial charge on any atom is -0.324 e. The summed E-state index contributed by atoms with van der Waals surface area (Å²) in [4.78, 5) is 0. The van der Waals surface area contributed by atoms with Crippen molar-refractivity contribution in [2.24, 2.45) is 5.73 Å². The quantitative estimate of drug-likeness (QED) is 0.854. The zero-order valence-electron chi connectivity index (χ0n) is 13.1. The molecule has 2 nitrogen and oxygen atoms in total. The van der Waals surface area contributed by atoms with E-state index in [9.17, 15) is 0 Å². The molecule has 0 atom stereocenters. The van der Waals surface area contributed by atoms with Crippen molar-refractivity contribution in [1.29, 1.82) is 0 Å². The van der Waals surface area contributed by atoms with Gasteiger partial charge in [-0.1, -0.05) is 26.0 Å². The zero-order valence-corrected chi connectivity index (χ0v) is 13.1. The monoisotopic (exact) mass is 260 g/mol. The molecule has 0 aliphatic heterocycles. The van der Waals surface area contributed by atoms with E-state index in [1.54, 1.807) is 0 Å². The fourth-order valence-electron chi connectivity index (χ4n) is 2.75. The molecule has 1 aliphatic carbocycles. The van der Waals surface area contributed by atoms with Crippen molar-refractivity contribution in [1.82, 2.24) is 5.32 Å². The van der Waals surface area contributed by atoms with Crippen LogP contribution in [-0.2, 0) is 5.41 Å². The lowest BCUT2D eigenvalue weighted by molar-refractivity contribution is 0.446. The molecule has 0 bridgehead atoms. The third-order valence-corrected chi connectivity index (χ3v) is 4.51. The first-order valence-electron chi connectivity index (χ1n) is 7.31. The minimum absolute atomic E-state index is 0.0916. The Morgan fingerprint density at radius 1 is 1.11 bits per heavy atom. The Morgan fingerprint density at radius 2 is 1.68 bits per heavy atom. The lowest BCUT2D eigenvalue weighted by Crippen LogP contribution is -2.41. The number of hydrogen-bond acceptors (Lipinski definition) is 2. The van der Waals surface area contributed by atoms with Crippen LogP contribution in [0.1, 0.15) is 48.9 Å². The van der Waals surface area contributed by atoms with Gasteiger partial charge in [0.1, 0.15) is 0 Å². The topological polar surface area (TPSA) is 38.0 Å². The Morgan fingerprint density at radius 3 is 2.26 bits per heavy atom. The highest BCUT2D eigenvalue weighted by molar-refractivity contribution is 5.40. The molecular formula is C17H28N2. The molecular weight excluding hydrogens is 232 g/mol. The van der Waals surface area contributed by atoms with Gasteiger partial charge in [0.05, 0.1) is 0 Å². The highest BCUT2D eigenvalue weighted by atomic mass is 15.0. The fourth-order valence-corrected chi connectivity index (χ4v) is 2.75. The lowest BCUT2D eigenvalue weighted by atomic mass is 9.80. The van der Waals surface area contributed by atoms with Crippen LogP contribution in [0.5, 0.6) is 0 Å². The van der Waals surface area contributed by atoms with E-state index in [0.717, 1.165) is 13.1 Å². The van der Waals surface area contributed by atoms with Crippen molar-refractivity contribution in [3.05, 3.63) is 34.4 Å². The molecule has 1 aliphatic rings. The Balaban J connectivity index is 2.07. The van der Waals surface area contributed by atoms with Crippen molar-refractivity contribution in [2.45, 2.75) is 58.4 Å². The standard InChI is InChI=1S/C17H28N2/c1-12-8-14(3)15(9-13(12)2)16(4,5)10-19-11-17(18)6-7-17/h8-9,19H,6-7,10-11,18H2,1-5H3. The van der Waals surface area contributed by atoms with E-state index < -0.39 is 0 Å². The van der Waals surface area contributed by atoms with E-state index >= 15 is 0 Å². The second kappa shape index (κ2) is 4.92. The summed E-state index contributed by atoms with van der Waals surface area (Å²) in [6.07, 6.45) is 2.34. The van der Waals surface area contributed by atoms with Gasteiger partial charge in [-0.3, -0.25) is 0 Å². The Labute approximate surface area is 117 Å². The predicted octanol–water partition coefficient (Wildman–Crippen LogP) is 2.97. The van der Waals surface area contributed by atoms with Gasteiger partial charge in [0.15, 0.2) is 0 Å². The van der Waals surface area contributed by atoms with Gasteiger partial charge in [0.2, 0.25) is 0 Å². The van der Waals surface area contributed by atoms with E-state index in [1.165, 1.54) is 35.1 Å². The summed E-state index contributed by atoms with van der Waals surface area (Å²) in [5.74, 6) is 0. The number of hydrogen-bond donors (Lipinski definition) is 2. The molecule has 2 heteroatoms. The maximum Gasteiger partial charge on any atom is 0.0282 e. The average molecular weight is 260 g/mol. The predicted molar refractivity (Wildman–Crippen MR) is 82.7 cm³/mol. The van der Waals surface area contributed by atoms with Crippen LogP contribution < -0.4 is 11.1 Å². The van der Waals surface area contributed by atoms with Crippen LogP contribution in [0.2, 0.25) is 0 Å². The van der Waals surface area contributed by atoms with E-state index in [0.29, 0.717) is 0 Å². The summed E-state index contributed by atoms with van der Waals surface area (Å²) in [7, 11) is 0. The summed E-state index contributed by atoms with van der Waals surface area (Å²) < 4.78 is 0. The molecule has 2 rings (SSSR count). The van der Waals surface area contributed by atoms with Crippen LogP contribution in [0.3, 0.4) is 0 Å². The number of nitrogens with two attached hydrogens (primary N) is 1. The van der Waals surface area contributed by atoms with Gasteiger partial charge in [-0.2, -0.15) is 0 Å². The summed E-state index contributed by atoms with van der Waals surface area (Å²) in [6.45, 7) is 13.1. The molecule has 1 saturated carbocycles. The minimum atomic E-state index is 0.0916. The number of nitrogens with one attached hydrogen (secondary N) is 1. The lowest BCUT2D eigenvalue weighted by Gasteiger charge is -2.29. The van der Waals surface area contributed by atoms with Crippen LogP contribution >= 0.6 is 0 Å². The van der Waals surface area contributed by atoms with Gasteiger partial charge in [0, 0.05) is 24.0 Å². The summed E-state index contributed by atoms with van der Waals surface area (Å²) >= 11 is 0. The summed E-state index contributed by atoms with van der Waals surface area (Å²) in [5.41, 5.74) is 12.0. The van der Waals surface area contributed by atoms with Gasteiger partial charge >= 0.3 is 0 Å². The highest BCUT2D eigenvalue weighted by Gasteiger charge is 2.38. The van der Waals surface area contributed by atoms with Crippen molar-refractivity contribution in [3.63, 3.8) is 0 Å². The van der Waals surface area contributed by atoms with Crippen molar-refractivity contribution in [3.8, 4) is 0 Å². The van der Waals surface area contributed by atoms with Crippen molar-refractivity contribution in [2.75, 3.05) is 13.1 Å². The third-order valence-electron chi connectivity index (χ3n) is 4.51. The molecule has 3 N–H and O–H groups in total. The van der Waals surface area contributed by atoms with Crippen LogP contribution in [0.4, 0.5) is 0 Å². The molecule has 0 saturated heterocycles. The molecule has 106 valence electrons. The largest absolute Gasteiger partial charge is 0.324 e.